The Hall–Kier alpha value is -2.67. The molecule has 2 aromatic rings. The van der Waals surface area contributed by atoms with Crippen LogP contribution in [0, 0.1) is 6.92 Å². The van der Waals surface area contributed by atoms with Crippen molar-refractivity contribution in [1.29, 1.82) is 0 Å². The number of carbonyl (C=O) groups is 1. The van der Waals surface area contributed by atoms with Crippen LogP contribution >= 0.6 is 0 Å². The van der Waals surface area contributed by atoms with Gasteiger partial charge in [0.15, 0.2) is 0 Å². The molecule has 0 saturated heterocycles. The van der Waals surface area contributed by atoms with Crippen LogP contribution < -0.4 is 22.1 Å². The van der Waals surface area contributed by atoms with Gasteiger partial charge in [-0.2, -0.15) is 4.98 Å². The number of nitrogens with two attached hydrogens (primary N) is 2. The van der Waals surface area contributed by atoms with Crippen LogP contribution in [0.3, 0.4) is 0 Å². The molecule has 7 heteroatoms. The monoisotopic (exact) mass is 340 g/mol. The molecule has 1 unspecified atom stereocenters. The third kappa shape index (κ3) is 4.24. The van der Waals surface area contributed by atoms with Crippen molar-refractivity contribution in [1.82, 2.24) is 9.97 Å². The Morgan fingerprint density at radius 2 is 2.08 bits per heavy atom. The second-order valence-corrected chi connectivity index (χ2v) is 6.51. The SMILES string of the molecule is Cc1cccc(Nc2nc(NC3CCCC[C@H]3N)ncc2C(N)=O)c1. The molecule has 1 aliphatic rings. The Morgan fingerprint density at radius 3 is 2.80 bits per heavy atom. The third-order valence-electron chi connectivity index (χ3n) is 4.47. The molecule has 0 bridgehead atoms. The second-order valence-electron chi connectivity index (χ2n) is 6.51. The topological polar surface area (TPSA) is 119 Å². The zero-order valence-electron chi connectivity index (χ0n) is 14.3. The van der Waals surface area contributed by atoms with Gasteiger partial charge in [0.25, 0.3) is 5.91 Å². The number of nitrogens with zero attached hydrogens (tertiary/aromatic N) is 2. The number of carbonyl (C=O) groups excluding carboxylic acids is 1. The molecule has 1 saturated carbocycles. The highest BCUT2D eigenvalue weighted by Gasteiger charge is 2.23. The average Bonchev–Trinajstić information content (AvgIpc) is 2.57. The van der Waals surface area contributed by atoms with Crippen molar-refractivity contribution >= 4 is 23.4 Å². The standard InChI is InChI=1S/C18H24N6O/c1-11-5-4-6-12(9-11)22-17-13(16(20)25)10-21-18(24-17)23-15-8-3-2-7-14(15)19/h4-6,9-10,14-15H,2-3,7-8,19H2,1H3,(H2,20,25)(H2,21,22,23,24)/t14-,15?/m1/s1. The highest BCUT2D eigenvalue weighted by Crippen LogP contribution is 2.23. The first-order valence-electron chi connectivity index (χ1n) is 8.55. The van der Waals surface area contributed by atoms with E-state index < -0.39 is 5.91 Å². The van der Waals surface area contributed by atoms with Crippen molar-refractivity contribution in [2.75, 3.05) is 10.6 Å². The summed E-state index contributed by atoms with van der Waals surface area (Å²) in [5.41, 5.74) is 13.8. The van der Waals surface area contributed by atoms with E-state index in [4.69, 9.17) is 11.5 Å². The summed E-state index contributed by atoms with van der Waals surface area (Å²) in [4.78, 5) is 20.4. The predicted octanol–water partition coefficient (Wildman–Crippen LogP) is 2.31. The van der Waals surface area contributed by atoms with Crippen molar-refractivity contribution in [3.05, 3.63) is 41.6 Å². The first kappa shape index (κ1) is 17.2. The minimum absolute atomic E-state index is 0.0846. The van der Waals surface area contributed by atoms with Gasteiger partial charge in [-0.05, 0) is 37.5 Å². The molecular formula is C18H24N6O. The minimum Gasteiger partial charge on any atom is -0.365 e. The summed E-state index contributed by atoms with van der Waals surface area (Å²) >= 11 is 0. The summed E-state index contributed by atoms with van der Waals surface area (Å²) in [6, 6.07) is 8.03. The lowest BCUT2D eigenvalue weighted by molar-refractivity contribution is 0.100. The Bertz CT molecular complexity index is 763. The molecule has 1 amide bonds. The van der Waals surface area contributed by atoms with Crippen LogP contribution in [0.1, 0.15) is 41.6 Å². The lowest BCUT2D eigenvalue weighted by Gasteiger charge is -2.29. The maximum Gasteiger partial charge on any atom is 0.254 e. The third-order valence-corrected chi connectivity index (χ3v) is 4.47. The number of hydrogen-bond donors (Lipinski definition) is 4. The number of hydrogen-bond acceptors (Lipinski definition) is 6. The van der Waals surface area contributed by atoms with E-state index in [1.807, 2.05) is 31.2 Å². The smallest absolute Gasteiger partial charge is 0.254 e. The van der Waals surface area contributed by atoms with E-state index in [1.54, 1.807) is 0 Å². The molecule has 0 radical (unpaired) electrons. The first-order chi connectivity index (χ1) is 12.0. The van der Waals surface area contributed by atoms with Gasteiger partial charge in [-0.3, -0.25) is 4.79 Å². The van der Waals surface area contributed by atoms with Gasteiger partial charge in [-0.1, -0.05) is 25.0 Å². The van der Waals surface area contributed by atoms with Gasteiger partial charge in [0, 0.05) is 24.0 Å². The molecule has 1 fully saturated rings. The van der Waals surface area contributed by atoms with E-state index in [-0.39, 0.29) is 17.6 Å². The normalized spacial score (nSPS) is 20.1. The Balaban J connectivity index is 1.85. The van der Waals surface area contributed by atoms with Crippen molar-refractivity contribution in [2.45, 2.75) is 44.7 Å². The second kappa shape index (κ2) is 7.48. The fraction of sp³-hybridized carbons (Fsp3) is 0.389. The molecule has 3 rings (SSSR count). The molecule has 132 valence electrons. The van der Waals surface area contributed by atoms with E-state index in [0.29, 0.717) is 11.8 Å². The number of rotatable bonds is 5. The summed E-state index contributed by atoms with van der Waals surface area (Å²) in [7, 11) is 0. The molecule has 1 aromatic carbocycles. The number of primary amides is 1. The molecule has 1 heterocycles. The largest absolute Gasteiger partial charge is 0.365 e. The van der Waals surface area contributed by atoms with Gasteiger partial charge in [0.05, 0.1) is 0 Å². The number of aromatic nitrogens is 2. The molecule has 1 aliphatic carbocycles. The van der Waals surface area contributed by atoms with Crippen LogP contribution in [-0.2, 0) is 0 Å². The number of anilines is 3. The quantitative estimate of drug-likeness (QED) is 0.663. The summed E-state index contributed by atoms with van der Waals surface area (Å²) < 4.78 is 0. The molecule has 6 N–H and O–H groups in total. The molecular weight excluding hydrogens is 316 g/mol. The van der Waals surface area contributed by atoms with Crippen molar-refractivity contribution < 1.29 is 4.79 Å². The summed E-state index contributed by atoms with van der Waals surface area (Å²) in [5, 5.41) is 6.46. The van der Waals surface area contributed by atoms with Crippen LogP contribution in [-0.4, -0.2) is 28.0 Å². The lowest BCUT2D eigenvalue weighted by atomic mass is 9.91. The number of nitrogens with one attached hydrogen (secondary N) is 2. The highest BCUT2D eigenvalue weighted by atomic mass is 16.1. The van der Waals surface area contributed by atoms with E-state index >= 15 is 0 Å². The fourth-order valence-corrected chi connectivity index (χ4v) is 3.09. The lowest BCUT2D eigenvalue weighted by Crippen LogP contribution is -2.43. The van der Waals surface area contributed by atoms with Gasteiger partial charge in [0.1, 0.15) is 11.4 Å². The van der Waals surface area contributed by atoms with Gasteiger partial charge in [-0.15, -0.1) is 0 Å². The maximum absolute atomic E-state index is 11.7. The molecule has 0 aliphatic heterocycles. The molecule has 0 spiro atoms. The van der Waals surface area contributed by atoms with Crippen LogP contribution in [0.4, 0.5) is 17.5 Å². The highest BCUT2D eigenvalue weighted by molar-refractivity contribution is 5.98. The number of amides is 1. The zero-order valence-corrected chi connectivity index (χ0v) is 14.3. The molecule has 2 atom stereocenters. The Morgan fingerprint density at radius 1 is 1.28 bits per heavy atom. The fourth-order valence-electron chi connectivity index (χ4n) is 3.09. The van der Waals surface area contributed by atoms with Gasteiger partial charge >= 0.3 is 0 Å². The summed E-state index contributed by atoms with van der Waals surface area (Å²) in [6.45, 7) is 2.00. The van der Waals surface area contributed by atoms with E-state index in [1.165, 1.54) is 6.20 Å². The minimum atomic E-state index is -0.573. The molecule has 1 aromatic heterocycles. The van der Waals surface area contributed by atoms with Crippen molar-refractivity contribution in [2.24, 2.45) is 11.5 Å². The number of benzene rings is 1. The average molecular weight is 340 g/mol. The predicted molar refractivity (Wildman–Crippen MR) is 98.9 cm³/mol. The van der Waals surface area contributed by atoms with Gasteiger partial charge in [0.2, 0.25) is 5.95 Å². The van der Waals surface area contributed by atoms with Crippen molar-refractivity contribution in [3.63, 3.8) is 0 Å². The molecule has 25 heavy (non-hydrogen) atoms. The molecule has 7 nitrogen and oxygen atoms in total. The Kier molecular flexibility index (Phi) is 5.14. The number of aryl methyl sites for hydroxylation is 1. The van der Waals surface area contributed by atoms with Gasteiger partial charge in [-0.25, -0.2) is 4.98 Å². The summed E-state index contributed by atoms with van der Waals surface area (Å²) in [6.07, 6.45) is 5.72. The zero-order chi connectivity index (χ0) is 17.8. The van der Waals surface area contributed by atoms with Crippen LogP contribution in [0.25, 0.3) is 0 Å². The van der Waals surface area contributed by atoms with Crippen LogP contribution in [0.15, 0.2) is 30.5 Å². The van der Waals surface area contributed by atoms with E-state index in [9.17, 15) is 4.79 Å². The van der Waals surface area contributed by atoms with E-state index in [2.05, 4.69) is 20.6 Å². The Labute approximate surface area is 147 Å². The first-order valence-corrected chi connectivity index (χ1v) is 8.55. The van der Waals surface area contributed by atoms with E-state index in [0.717, 1.165) is 36.9 Å². The van der Waals surface area contributed by atoms with Crippen LogP contribution in [0.5, 0.6) is 0 Å². The van der Waals surface area contributed by atoms with Gasteiger partial charge < -0.3 is 22.1 Å². The maximum atomic E-state index is 11.7. The van der Waals surface area contributed by atoms with Crippen LogP contribution in [0.2, 0.25) is 0 Å². The summed E-state index contributed by atoms with van der Waals surface area (Å²) in [5.74, 6) is 0.263. The van der Waals surface area contributed by atoms with Crippen molar-refractivity contribution in [3.8, 4) is 0 Å².